The van der Waals surface area contributed by atoms with Crippen LogP contribution in [0, 0.1) is 0 Å². The molecule has 3 rings (SSSR count). The van der Waals surface area contributed by atoms with Gasteiger partial charge >= 0.3 is 0 Å². The number of rotatable bonds is 2. The number of phenolic OH excluding ortho intramolecular Hbond substituents is 1. The van der Waals surface area contributed by atoms with Gasteiger partial charge < -0.3 is 9.52 Å². The van der Waals surface area contributed by atoms with E-state index in [9.17, 15) is 9.90 Å². The first-order valence-corrected chi connectivity index (χ1v) is 5.39. The number of hydrogen-bond acceptors (Lipinski definition) is 3. The molecule has 0 aliphatic rings. The van der Waals surface area contributed by atoms with E-state index in [0.29, 0.717) is 17.1 Å². The van der Waals surface area contributed by atoms with E-state index < -0.39 is 0 Å². The van der Waals surface area contributed by atoms with Crippen molar-refractivity contribution in [3.8, 4) is 22.9 Å². The lowest BCUT2D eigenvalue weighted by atomic mass is 10.3. The molecular formula is C13H10N2O3. The highest BCUT2D eigenvalue weighted by atomic mass is 16.3. The van der Waals surface area contributed by atoms with Crippen molar-refractivity contribution in [1.29, 1.82) is 0 Å². The molecule has 5 nitrogen and oxygen atoms in total. The molecule has 0 spiro atoms. The van der Waals surface area contributed by atoms with Crippen LogP contribution in [0.2, 0.25) is 0 Å². The second kappa shape index (κ2) is 3.96. The van der Waals surface area contributed by atoms with E-state index in [-0.39, 0.29) is 11.3 Å². The molecule has 0 saturated heterocycles. The second-order valence-electron chi connectivity index (χ2n) is 3.84. The number of phenols is 1. The average Bonchev–Trinajstić information content (AvgIpc) is 2.99. The van der Waals surface area contributed by atoms with Crippen LogP contribution in [0.3, 0.4) is 0 Å². The summed E-state index contributed by atoms with van der Waals surface area (Å²) in [6.07, 6.45) is 1.55. The Morgan fingerprint density at radius 3 is 2.61 bits per heavy atom. The maximum atomic E-state index is 11.8. The second-order valence-corrected chi connectivity index (χ2v) is 3.84. The van der Waals surface area contributed by atoms with Crippen molar-refractivity contribution in [3.05, 3.63) is 59.1 Å². The van der Waals surface area contributed by atoms with Gasteiger partial charge in [-0.25, -0.2) is 4.68 Å². The quantitative estimate of drug-likeness (QED) is 0.723. The van der Waals surface area contributed by atoms with E-state index in [1.807, 2.05) is 0 Å². The number of aromatic amines is 1. The van der Waals surface area contributed by atoms with E-state index >= 15 is 0 Å². The molecule has 1 aromatic carbocycles. The highest BCUT2D eigenvalue weighted by Gasteiger charge is 2.08. The molecule has 0 saturated carbocycles. The fourth-order valence-corrected chi connectivity index (χ4v) is 1.75. The number of nitrogens with one attached hydrogen (secondary N) is 1. The molecular weight excluding hydrogens is 232 g/mol. The van der Waals surface area contributed by atoms with E-state index in [2.05, 4.69) is 5.10 Å². The Balaban J connectivity index is 2.09. The fourth-order valence-electron chi connectivity index (χ4n) is 1.75. The first-order valence-electron chi connectivity index (χ1n) is 5.39. The van der Waals surface area contributed by atoms with Gasteiger partial charge in [-0.3, -0.25) is 9.89 Å². The van der Waals surface area contributed by atoms with Crippen molar-refractivity contribution in [2.75, 3.05) is 0 Å². The van der Waals surface area contributed by atoms with E-state index in [1.165, 1.54) is 22.9 Å². The van der Waals surface area contributed by atoms with Gasteiger partial charge in [0.25, 0.3) is 5.56 Å². The zero-order chi connectivity index (χ0) is 12.5. The van der Waals surface area contributed by atoms with Gasteiger partial charge in [0.1, 0.15) is 11.4 Å². The highest BCUT2D eigenvalue weighted by Crippen LogP contribution is 2.17. The van der Waals surface area contributed by atoms with Gasteiger partial charge in [-0.15, -0.1) is 0 Å². The maximum absolute atomic E-state index is 11.8. The van der Waals surface area contributed by atoms with Gasteiger partial charge in [-0.1, -0.05) is 0 Å². The normalized spacial score (nSPS) is 10.7. The predicted octanol–water partition coefficient (Wildman–Crippen LogP) is 2.13. The van der Waals surface area contributed by atoms with Crippen molar-refractivity contribution in [3.63, 3.8) is 0 Å². The average molecular weight is 242 g/mol. The largest absolute Gasteiger partial charge is 0.508 e. The minimum absolute atomic E-state index is 0.157. The van der Waals surface area contributed by atoms with Crippen molar-refractivity contribution in [2.45, 2.75) is 0 Å². The lowest BCUT2D eigenvalue weighted by molar-refractivity contribution is 0.475. The van der Waals surface area contributed by atoms with Crippen molar-refractivity contribution >= 4 is 0 Å². The van der Waals surface area contributed by atoms with Crippen LogP contribution in [-0.4, -0.2) is 14.9 Å². The maximum Gasteiger partial charge on any atom is 0.271 e. The Morgan fingerprint density at radius 1 is 1.17 bits per heavy atom. The third kappa shape index (κ3) is 1.71. The first-order chi connectivity index (χ1) is 8.74. The molecule has 2 N–H and O–H groups in total. The number of benzene rings is 1. The van der Waals surface area contributed by atoms with Crippen LogP contribution >= 0.6 is 0 Å². The molecule has 0 bridgehead atoms. The van der Waals surface area contributed by atoms with Gasteiger partial charge in [0, 0.05) is 6.07 Å². The summed E-state index contributed by atoms with van der Waals surface area (Å²) in [5, 5.41) is 12.2. The molecule has 2 aromatic heterocycles. The first kappa shape index (κ1) is 10.5. The van der Waals surface area contributed by atoms with Gasteiger partial charge in [-0.2, -0.15) is 0 Å². The summed E-state index contributed by atoms with van der Waals surface area (Å²) >= 11 is 0. The number of hydrogen-bond donors (Lipinski definition) is 2. The smallest absolute Gasteiger partial charge is 0.271 e. The summed E-state index contributed by atoms with van der Waals surface area (Å²) in [6.45, 7) is 0. The topological polar surface area (TPSA) is 71.2 Å². The Bertz CT molecular complexity index is 706. The number of aromatic hydroxyl groups is 1. The van der Waals surface area contributed by atoms with Crippen molar-refractivity contribution in [2.24, 2.45) is 0 Å². The Kier molecular flexibility index (Phi) is 2.30. The predicted molar refractivity (Wildman–Crippen MR) is 65.8 cm³/mol. The molecule has 0 atom stereocenters. The van der Waals surface area contributed by atoms with Gasteiger partial charge in [-0.05, 0) is 36.4 Å². The van der Waals surface area contributed by atoms with Crippen LogP contribution in [0.15, 0.2) is 57.9 Å². The number of aromatic nitrogens is 2. The SMILES string of the molecule is O=c1cc(-c2ccco2)[nH]n1-c1ccc(O)cc1. The van der Waals surface area contributed by atoms with Gasteiger partial charge in [0.15, 0.2) is 5.76 Å². The summed E-state index contributed by atoms with van der Waals surface area (Å²) in [4.78, 5) is 11.8. The van der Waals surface area contributed by atoms with E-state index in [4.69, 9.17) is 4.42 Å². The summed E-state index contributed by atoms with van der Waals surface area (Å²) in [7, 11) is 0. The molecule has 90 valence electrons. The van der Waals surface area contributed by atoms with E-state index in [1.54, 1.807) is 30.5 Å². The monoisotopic (exact) mass is 242 g/mol. The molecule has 18 heavy (non-hydrogen) atoms. The molecule has 0 amide bonds. The molecule has 3 aromatic rings. The number of H-pyrrole nitrogens is 1. The standard InChI is InChI=1S/C13H10N2O3/c16-10-5-3-9(4-6-10)15-13(17)8-11(14-15)12-2-1-7-18-12/h1-8,14,16H. The van der Waals surface area contributed by atoms with Crippen molar-refractivity contribution < 1.29 is 9.52 Å². The Labute approximate surface area is 102 Å². The lowest BCUT2D eigenvalue weighted by Gasteiger charge is -2.01. The minimum Gasteiger partial charge on any atom is -0.508 e. The number of furan rings is 1. The highest BCUT2D eigenvalue weighted by molar-refractivity contribution is 5.51. The van der Waals surface area contributed by atoms with Gasteiger partial charge in [0.2, 0.25) is 0 Å². The van der Waals surface area contributed by atoms with Crippen LogP contribution in [0.25, 0.3) is 17.1 Å². The van der Waals surface area contributed by atoms with Crippen LogP contribution in [-0.2, 0) is 0 Å². The van der Waals surface area contributed by atoms with Crippen LogP contribution in [0.4, 0.5) is 0 Å². The third-order valence-corrected chi connectivity index (χ3v) is 2.61. The van der Waals surface area contributed by atoms with Gasteiger partial charge in [0.05, 0.1) is 12.0 Å². The summed E-state index contributed by atoms with van der Waals surface area (Å²) in [5.41, 5.74) is 1.07. The molecule has 0 aliphatic carbocycles. The Hall–Kier alpha value is -2.69. The molecule has 0 aliphatic heterocycles. The summed E-state index contributed by atoms with van der Waals surface area (Å²) in [5.74, 6) is 0.759. The molecule has 5 heteroatoms. The molecule has 2 heterocycles. The fraction of sp³-hybridized carbons (Fsp3) is 0. The molecule has 0 unspecified atom stereocenters. The van der Waals surface area contributed by atoms with Crippen LogP contribution in [0.1, 0.15) is 0 Å². The third-order valence-electron chi connectivity index (χ3n) is 2.61. The van der Waals surface area contributed by atoms with Crippen LogP contribution in [0.5, 0.6) is 5.75 Å². The lowest BCUT2D eigenvalue weighted by Crippen LogP contribution is -2.12. The van der Waals surface area contributed by atoms with Crippen LogP contribution < -0.4 is 5.56 Å². The molecule has 0 fully saturated rings. The Morgan fingerprint density at radius 2 is 1.94 bits per heavy atom. The molecule has 0 radical (unpaired) electrons. The number of nitrogens with zero attached hydrogens (tertiary/aromatic N) is 1. The summed E-state index contributed by atoms with van der Waals surface area (Å²) < 4.78 is 6.61. The van der Waals surface area contributed by atoms with E-state index in [0.717, 1.165) is 0 Å². The summed E-state index contributed by atoms with van der Waals surface area (Å²) in [6, 6.07) is 11.3. The van der Waals surface area contributed by atoms with Crippen molar-refractivity contribution in [1.82, 2.24) is 9.78 Å². The zero-order valence-electron chi connectivity index (χ0n) is 9.33. The minimum atomic E-state index is -0.188. The zero-order valence-corrected chi connectivity index (χ0v) is 9.33.